The van der Waals surface area contributed by atoms with E-state index in [2.05, 4.69) is 10.1 Å². The molecule has 0 spiro atoms. The van der Waals surface area contributed by atoms with Gasteiger partial charge in [-0.15, -0.1) is 0 Å². The highest BCUT2D eigenvalue weighted by Crippen LogP contribution is 2.18. The van der Waals surface area contributed by atoms with Crippen LogP contribution in [0.3, 0.4) is 0 Å². The average Bonchev–Trinajstić information content (AvgIpc) is 2.78. The van der Waals surface area contributed by atoms with Gasteiger partial charge >= 0.3 is 0 Å². The van der Waals surface area contributed by atoms with E-state index in [1.54, 1.807) is 19.4 Å². The molecule has 6 heteroatoms. The van der Waals surface area contributed by atoms with Crippen LogP contribution in [0.25, 0.3) is 10.9 Å². The van der Waals surface area contributed by atoms with Gasteiger partial charge in [0.1, 0.15) is 18.1 Å². The van der Waals surface area contributed by atoms with Gasteiger partial charge in [-0.05, 0) is 60.5 Å². The van der Waals surface area contributed by atoms with Crippen molar-refractivity contribution in [1.29, 1.82) is 0 Å². The number of aryl methyl sites for hydroxylation is 1. The molecule has 0 aliphatic carbocycles. The lowest BCUT2D eigenvalue weighted by molar-refractivity contribution is 0.287. The second-order valence-electron chi connectivity index (χ2n) is 6.73. The maximum atomic E-state index is 13.1. The van der Waals surface area contributed by atoms with E-state index in [-0.39, 0.29) is 12.2 Å². The van der Waals surface area contributed by atoms with Crippen molar-refractivity contribution >= 4 is 17.1 Å². The van der Waals surface area contributed by atoms with E-state index in [1.807, 2.05) is 73.7 Å². The molecule has 0 N–H and O–H groups in total. The molecule has 0 saturated carbocycles. The smallest absolute Gasteiger partial charge is 0.282 e. The molecule has 0 aliphatic heterocycles. The topological polar surface area (TPSA) is 65.7 Å². The van der Waals surface area contributed by atoms with Gasteiger partial charge in [-0.3, -0.25) is 4.79 Å². The molecule has 4 aromatic rings. The molecule has 1 heterocycles. The maximum absolute atomic E-state index is 13.1. The van der Waals surface area contributed by atoms with Gasteiger partial charge in [-0.2, -0.15) is 9.78 Å². The number of methoxy groups -OCH3 is 1. The van der Waals surface area contributed by atoms with E-state index in [0.717, 1.165) is 22.6 Å². The Kier molecular flexibility index (Phi) is 5.57. The summed E-state index contributed by atoms with van der Waals surface area (Å²) in [7, 11) is 1.62. The van der Waals surface area contributed by atoms with E-state index in [4.69, 9.17) is 9.47 Å². The van der Waals surface area contributed by atoms with Crippen LogP contribution in [-0.2, 0) is 6.61 Å². The molecule has 1 aromatic heterocycles. The quantitative estimate of drug-likeness (QED) is 0.456. The minimum absolute atomic E-state index is 0.116. The Hall–Kier alpha value is -3.93. The van der Waals surface area contributed by atoms with Crippen molar-refractivity contribution in [2.75, 3.05) is 7.11 Å². The summed E-state index contributed by atoms with van der Waals surface area (Å²) in [6.07, 6.45) is 1.62. The first-order chi connectivity index (χ1) is 14.7. The zero-order valence-electron chi connectivity index (χ0n) is 16.8. The second-order valence-corrected chi connectivity index (χ2v) is 6.73. The van der Waals surface area contributed by atoms with Gasteiger partial charge in [-0.25, -0.2) is 4.98 Å². The van der Waals surface area contributed by atoms with Crippen molar-refractivity contribution in [3.05, 3.63) is 100 Å². The SMILES string of the molecule is COc1ccc(/C=N/n2c(COc3ccccc3C)nc3ccccc3c2=O)cc1. The number of benzene rings is 3. The lowest BCUT2D eigenvalue weighted by Gasteiger charge is -2.12. The van der Waals surface area contributed by atoms with Crippen LogP contribution in [0.4, 0.5) is 0 Å². The first kappa shape index (κ1) is 19.4. The summed E-state index contributed by atoms with van der Waals surface area (Å²) >= 11 is 0. The van der Waals surface area contributed by atoms with Crippen molar-refractivity contribution in [2.45, 2.75) is 13.5 Å². The second kappa shape index (κ2) is 8.61. The summed E-state index contributed by atoms with van der Waals surface area (Å²) in [5, 5.41) is 4.92. The third-order valence-corrected chi connectivity index (χ3v) is 4.71. The van der Waals surface area contributed by atoms with Crippen LogP contribution in [0.15, 0.2) is 82.7 Å². The van der Waals surface area contributed by atoms with E-state index in [9.17, 15) is 4.79 Å². The molecule has 0 unspecified atom stereocenters. The van der Waals surface area contributed by atoms with Crippen LogP contribution in [0.1, 0.15) is 17.0 Å². The molecule has 0 saturated heterocycles. The predicted octanol–water partition coefficient (Wildman–Crippen LogP) is 4.17. The number of aromatic nitrogens is 2. The fourth-order valence-electron chi connectivity index (χ4n) is 3.06. The largest absolute Gasteiger partial charge is 0.497 e. The van der Waals surface area contributed by atoms with Crippen LogP contribution in [0.2, 0.25) is 0 Å². The Morgan fingerprint density at radius 1 is 1.00 bits per heavy atom. The van der Waals surface area contributed by atoms with E-state index >= 15 is 0 Å². The lowest BCUT2D eigenvalue weighted by atomic mass is 10.2. The summed E-state index contributed by atoms with van der Waals surface area (Å²) in [6.45, 7) is 2.09. The predicted molar refractivity (Wildman–Crippen MR) is 118 cm³/mol. The molecule has 0 bridgehead atoms. The number of rotatable bonds is 6. The molecule has 6 nitrogen and oxygen atoms in total. The molecule has 4 rings (SSSR count). The summed E-state index contributed by atoms with van der Waals surface area (Å²) in [5.41, 5.74) is 2.21. The van der Waals surface area contributed by atoms with Crippen molar-refractivity contribution in [1.82, 2.24) is 9.66 Å². The summed E-state index contributed by atoms with van der Waals surface area (Å²) in [5.74, 6) is 1.92. The van der Waals surface area contributed by atoms with Crippen molar-refractivity contribution in [3.8, 4) is 11.5 Å². The standard InChI is InChI=1S/C24H21N3O3/c1-17-7-3-6-10-22(17)30-16-23-26-21-9-5-4-8-20(21)24(28)27(23)25-15-18-11-13-19(29-2)14-12-18/h3-15H,16H2,1-2H3/b25-15+. The highest BCUT2D eigenvalue weighted by atomic mass is 16.5. The monoisotopic (exact) mass is 399 g/mol. The zero-order valence-corrected chi connectivity index (χ0v) is 16.8. The highest BCUT2D eigenvalue weighted by molar-refractivity contribution is 5.80. The van der Waals surface area contributed by atoms with Crippen LogP contribution < -0.4 is 15.0 Å². The number of nitrogens with zero attached hydrogens (tertiary/aromatic N) is 3. The minimum Gasteiger partial charge on any atom is -0.497 e. The van der Waals surface area contributed by atoms with Crippen LogP contribution in [0, 0.1) is 6.92 Å². The Balaban J connectivity index is 1.72. The number of fused-ring (bicyclic) bond motifs is 1. The Morgan fingerprint density at radius 2 is 1.73 bits per heavy atom. The van der Waals surface area contributed by atoms with Crippen LogP contribution in [-0.4, -0.2) is 23.0 Å². The molecule has 3 aromatic carbocycles. The molecule has 0 radical (unpaired) electrons. The third kappa shape index (κ3) is 4.07. The van der Waals surface area contributed by atoms with Crippen LogP contribution in [0.5, 0.6) is 11.5 Å². The zero-order chi connectivity index (χ0) is 20.9. The highest BCUT2D eigenvalue weighted by Gasteiger charge is 2.11. The molecule has 0 amide bonds. The van der Waals surface area contributed by atoms with Gasteiger partial charge in [0.05, 0.1) is 24.2 Å². The van der Waals surface area contributed by atoms with Gasteiger partial charge in [0.15, 0.2) is 5.82 Å². The lowest BCUT2D eigenvalue weighted by Crippen LogP contribution is -2.23. The van der Waals surface area contributed by atoms with Gasteiger partial charge in [0.2, 0.25) is 0 Å². The number of ether oxygens (including phenoxy) is 2. The Morgan fingerprint density at radius 3 is 2.50 bits per heavy atom. The van der Waals surface area contributed by atoms with Gasteiger partial charge in [0, 0.05) is 0 Å². The molecule has 150 valence electrons. The number of para-hydroxylation sites is 2. The molecule has 30 heavy (non-hydrogen) atoms. The van der Waals surface area contributed by atoms with E-state index in [1.165, 1.54) is 4.68 Å². The fourth-order valence-corrected chi connectivity index (χ4v) is 3.06. The summed E-state index contributed by atoms with van der Waals surface area (Å²) in [4.78, 5) is 17.7. The van der Waals surface area contributed by atoms with E-state index < -0.39 is 0 Å². The third-order valence-electron chi connectivity index (χ3n) is 4.71. The summed E-state index contributed by atoms with van der Waals surface area (Å²) < 4.78 is 12.4. The molecule has 0 aliphatic rings. The van der Waals surface area contributed by atoms with E-state index in [0.29, 0.717) is 16.7 Å². The van der Waals surface area contributed by atoms with Gasteiger partial charge in [-0.1, -0.05) is 30.3 Å². The maximum Gasteiger partial charge on any atom is 0.282 e. The molecule has 0 fully saturated rings. The molecular weight excluding hydrogens is 378 g/mol. The minimum atomic E-state index is -0.242. The fraction of sp³-hybridized carbons (Fsp3) is 0.125. The van der Waals surface area contributed by atoms with Crippen molar-refractivity contribution < 1.29 is 9.47 Å². The Bertz CT molecular complexity index is 1260. The normalized spacial score (nSPS) is 11.1. The van der Waals surface area contributed by atoms with Crippen molar-refractivity contribution in [2.24, 2.45) is 5.10 Å². The first-order valence-electron chi connectivity index (χ1n) is 9.53. The van der Waals surface area contributed by atoms with Crippen LogP contribution >= 0.6 is 0 Å². The van der Waals surface area contributed by atoms with Crippen molar-refractivity contribution in [3.63, 3.8) is 0 Å². The Labute approximate surface area is 174 Å². The average molecular weight is 399 g/mol. The van der Waals surface area contributed by atoms with Gasteiger partial charge < -0.3 is 9.47 Å². The number of hydrogen-bond donors (Lipinski definition) is 0. The summed E-state index contributed by atoms with van der Waals surface area (Å²) in [6, 6.07) is 22.3. The first-order valence-corrected chi connectivity index (χ1v) is 9.53. The molecule has 0 atom stereocenters. The number of hydrogen-bond acceptors (Lipinski definition) is 5. The van der Waals surface area contributed by atoms with Gasteiger partial charge in [0.25, 0.3) is 5.56 Å². The molecular formula is C24H21N3O3.